The van der Waals surface area contributed by atoms with Gasteiger partial charge in [0, 0.05) is 23.4 Å². The zero-order chi connectivity index (χ0) is 15.0. The van der Waals surface area contributed by atoms with Crippen LogP contribution < -0.4 is 5.32 Å². The number of rotatable bonds is 7. The molecule has 0 fully saturated rings. The number of carboxylic acids is 1. The maximum absolute atomic E-state index is 12.0. The molecule has 0 aromatic heterocycles. The summed E-state index contributed by atoms with van der Waals surface area (Å²) in [5, 5.41) is 11.5. The highest BCUT2D eigenvalue weighted by Crippen LogP contribution is 2.07. The highest BCUT2D eigenvalue weighted by atomic mass is 32.2. The quantitative estimate of drug-likeness (QED) is 0.759. The van der Waals surface area contributed by atoms with E-state index in [1.165, 1.54) is 6.08 Å². The van der Waals surface area contributed by atoms with Gasteiger partial charge in [0.15, 0.2) is 0 Å². The Kier molecular flexibility index (Phi) is 6.87. The number of carbonyl (C=O) groups excluding carboxylic acids is 1. The maximum Gasteiger partial charge on any atom is 0.328 e. The number of nitrogens with one attached hydrogen (secondary N) is 1. The van der Waals surface area contributed by atoms with Gasteiger partial charge in [-0.05, 0) is 36.4 Å². The average molecular weight is 293 g/mol. The fourth-order valence-electron chi connectivity index (χ4n) is 1.56. The molecule has 5 heteroatoms. The molecule has 1 amide bonds. The van der Waals surface area contributed by atoms with Gasteiger partial charge < -0.3 is 10.4 Å². The lowest BCUT2D eigenvalue weighted by molar-refractivity contribution is -0.131. The van der Waals surface area contributed by atoms with Gasteiger partial charge >= 0.3 is 5.97 Å². The predicted molar refractivity (Wildman–Crippen MR) is 83.0 cm³/mol. The molecule has 0 spiro atoms. The van der Waals surface area contributed by atoms with Crippen molar-refractivity contribution in [2.45, 2.75) is 19.9 Å². The monoisotopic (exact) mass is 293 g/mol. The summed E-state index contributed by atoms with van der Waals surface area (Å²) in [5.74, 6) is 0.823. The molecule has 1 aromatic carbocycles. The molecule has 1 atom stereocenters. The number of carbonyl (C=O) groups is 2. The molecule has 108 valence electrons. The van der Waals surface area contributed by atoms with E-state index in [0.717, 1.165) is 23.1 Å². The molecule has 0 heterocycles. The molecular weight excluding hydrogens is 274 g/mol. The van der Waals surface area contributed by atoms with Crippen molar-refractivity contribution >= 4 is 29.7 Å². The molecule has 1 rings (SSSR count). The summed E-state index contributed by atoms with van der Waals surface area (Å²) < 4.78 is 0. The lowest BCUT2D eigenvalue weighted by atomic mass is 10.1. The molecule has 0 saturated heterocycles. The van der Waals surface area contributed by atoms with E-state index < -0.39 is 5.97 Å². The van der Waals surface area contributed by atoms with Gasteiger partial charge in [0.25, 0.3) is 5.91 Å². The Morgan fingerprint density at radius 3 is 2.55 bits per heavy atom. The van der Waals surface area contributed by atoms with Crippen LogP contribution in [0.25, 0.3) is 6.08 Å². The largest absolute Gasteiger partial charge is 0.478 e. The van der Waals surface area contributed by atoms with Crippen molar-refractivity contribution in [3.63, 3.8) is 0 Å². The number of hydrogen-bond acceptors (Lipinski definition) is 3. The molecule has 1 unspecified atom stereocenters. The average Bonchev–Trinajstić information content (AvgIpc) is 2.43. The van der Waals surface area contributed by atoms with Crippen LogP contribution in [0.3, 0.4) is 0 Å². The second kappa shape index (κ2) is 8.43. The minimum atomic E-state index is -0.992. The van der Waals surface area contributed by atoms with Crippen molar-refractivity contribution in [1.29, 1.82) is 0 Å². The van der Waals surface area contributed by atoms with E-state index in [9.17, 15) is 9.59 Å². The summed E-state index contributed by atoms with van der Waals surface area (Å²) in [6, 6.07) is 6.95. The summed E-state index contributed by atoms with van der Waals surface area (Å²) in [6.45, 7) is 4.06. The standard InChI is InChI=1S/C15H19NO3S/c1-3-20-10-11(2)16-15(19)13-7-4-12(5-8-13)6-9-14(17)18/h4-9,11H,3,10H2,1-2H3,(H,16,19)(H,17,18)/b9-6+. The molecule has 0 bridgehead atoms. The van der Waals surface area contributed by atoms with E-state index in [1.54, 1.807) is 36.0 Å². The van der Waals surface area contributed by atoms with Crippen LogP contribution >= 0.6 is 11.8 Å². The molecule has 0 aliphatic rings. The van der Waals surface area contributed by atoms with Crippen molar-refractivity contribution in [1.82, 2.24) is 5.32 Å². The number of thioether (sulfide) groups is 1. The van der Waals surface area contributed by atoms with Gasteiger partial charge in [0.05, 0.1) is 0 Å². The Labute approximate surface area is 123 Å². The number of amides is 1. The number of carboxylic acid groups (broad SMARTS) is 1. The van der Waals surface area contributed by atoms with Crippen molar-refractivity contribution in [2.75, 3.05) is 11.5 Å². The lowest BCUT2D eigenvalue weighted by Gasteiger charge is -2.13. The van der Waals surface area contributed by atoms with Crippen LogP contribution in [-0.4, -0.2) is 34.5 Å². The lowest BCUT2D eigenvalue weighted by Crippen LogP contribution is -2.34. The van der Waals surface area contributed by atoms with Crippen LogP contribution in [-0.2, 0) is 4.79 Å². The van der Waals surface area contributed by atoms with Crippen LogP contribution in [0, 0.1) is 0 Å². The highest BCUT2D eigenvalue weighted by molar-refractivity contribution is 7.99. The third-order valence-electron chi connectivity index (χ3n) is 2.54. The molecular formula is C15H19NO3S. The van der Waals surface area contributed by atoms with Gasteiger partial charge in [-0.2, -0.15) is 11.8 Å². The summed E-state index contributed by atoms with van der Waals surface area (Å²) in [7, 11) is 0. The van der Waals surface area contributed by atoms with E-state index in [2.05, 4.69) is 12.2 Å². The smallest absolute Gasteiger partial charge is 0.328 e. The van der Waals surface area contributed by atoms with Crippen LogP contribution in [0.2, 0.25) is 0 Å². The minimum Gasteiger partial charge on any atom is -0.478 e. The molecule has 20 heavy (non-hydrogen) atoms. The van der Waals surface area contributed by atoms with Crippen molar-refractivity contribution in [2.24, 2.45) is 0 Å². The molecule has 2 N–H and O–H groups in total. The fourth-order valence-corrected chi connectivity index (χ4v) is 2.23. The molecule has 4 nitrogen and oxygen atoms in total. The van der Waals surface area contributed by atoms with Gasteiger partial charge in [-0.3, -0.25) is 4.79 Å². The first kappa shape index (κ1) is 16.3. The van der Waals surface area contributed by atoms with E-state index in [4.69, 9.17) is 5.11 Å². The number of benzene rings is 1. The van der Waals surface area contributed by atoms with Gasteiger partial charge in [-0.1, -0.05) is 19.1 Å². The molecule has 1 aromatic rings. The van der Waals surface area contributed by atoms with Crippen molar-refractivity contribution in [3.8, 4) is 0 Å². The fraction of sp³-hybridized carbons (Fsp3) is 0.333. The Morgan fingerprint density at radius 2 is 2.00 bits per heavy atom. The predicted octanol–water partition coefficient (Wildman–Crippen LogP) is 2.66. The first-order chi connectivity index (χ1) is 9.52. The van der Waals surface area contributed by atoms with Crippen molar-refractivity contribution in [3.05, 3.63) is 41.5 Å². The van der Waals surface area contributed by atoms with Gasteiger partial charge in [0.1, 0.15) is 0 Å². The third kappa shape index (κ3) is 5.93. The molecule has 0 aliphatic heterocycles. The first-order valence-electron chi connectivity index (χ1n) is 6.42. The summed E-state index contributed by atoms with van der Waals surface area (Å²) in [6.07, 6.45) is 2.56. The summed E-state index contributed by atoms with van der Waals surface area (Å²) in [5.41, 5.74) is 1.32. The first-order valence-corrected chi connectivity index (χ1v) is 7.58. The molecule has 0 aliphatic carbocycles. The number of hydrogen-bond donors (Lipinski definition) is 2. The maximum atomic E-state index is 12.0. The zero-order valence-corrected chi connectivity index (χ0v) is 12.4. The number of aliphatic carboxylic acids is 1. The van der Waals surface area contributed by atoms with Crippen LogP contribution in [0.5, 0.6) is 0 Å². The summed E-state index contributed by atoms with van der Waals surface area (Å²) in [4.78, 5) is 22.4. The highest BCUT2D eigenvalue weighted by Gasteiger charge is 2.09. The van der Waals surface area contributed by atoms with Crippen LogP contribution in [0.1, 0.15) is 29.8 Å². The van der Waals surface area contributed by atoms with E-state index in [-0.39, 0.29) is 11.9 Å². The van der Waals surface area contributed by atoms with Crippen LogP contribution in [0.4, 0.5) is 0 Å². The minimum absolute atomic E-state index is 0.108. The Balaban J connectivity index is 2.59. The Morgan fingerprint density at radius 1 is 1.35 bits per heavy atom. The molecule has 0 radical (unpaired) electrons. The van der Waals surface area contributed by atoms with Gasteiger partial charge in [-0.25, -0.2) is 4.79 Å². The molecule has 0 saturated carbocycles. The third-order valence-corrected chi connectivity index (χ3v) is 3.68. The normalized spacial score (nSPS) is 12.3. The van der Waals surface area contributed by atoms with E-state index >= 15 is 0 Å². The van der Waals surface area contributed by atoms with Crippen molar-refractivity contribution < 1.29 is 14.7 Å². The topological polar surface area (TPSA) is 66.4 Å². The second-order valence-corrected chi connectivity index (χ2v) is 5.65. The SMILES string of the molecule is CCSCC(C)NC(=O)c1ccc(/C=C/C(=O)O)cc1. The Bertz CT molecular complexity index is 482. The Hall–Kier alpha value is -1.75. The van der Waals surface area contributed by atoms with Crippen LogP contribution in [0.15, 0.2) is 30.3 Å². The van der Waals surface area contributed by atoms with Gasteiger partial charge in [0.2, 0.25) is 0 Å². The van der Waals surface area contributed by atoms with E-state index in [1.807, 2.05) is 6.92 Å². The van der Waals surface area contributed by atoms with E-state index in [0.29, 0.717) is 5.56 Å². The van der Waals surface area contributed by atoms with Gasteiger partial charge in [-0.15, -0.1) is 0 Å². The second-order valence-electron chi connectivity index (χ2n) is 4.33. The summed E-state index contributed by atoms with van der Waals surface area (Å²) >= 11 is 1.79. The zero-order valence-electron chi connectivity index (χ0n) is 11.6.